The molecular weight excluding hydrogens is 390 g/mol. The first-order valence-electron chi connectivity index (χ1n) is 5.97. The molecule has 0 aliphatic heterocycles. The van der Waals surface area contributed by atoms with Gasteiger partial charge in [-0.3, -0.25) is 0 Å². The number of rotatable bonds is 3. The zero-order chi connectivity index (χ0) is 16.9. The average Bonchev–Trinajstić information content (AvgIpc) is 2.39. The second-order valence-electron chi connectivity index (χ2n) is 4.42. The predicted molar refractivity (Wildman–Crippen MR) is 97.1 cm³/mol. The van der Waals surface area contributed by atoms with Crippen molar-refractivity contribution in [1.29, 1.82) is 0 Å². The fourth-order valence-corrected chi connectivity index (χ4v) is 1.97. The van der Waals surface area contributed by atoms with E-state index in [1.807, 2.05) is 0 Å². The number of benzene rings is 1. The Bertz CT molecular complexity index is 533. The van der Waals surface area contributed by atoms with Crippen molar-refractivity contribution in [1.82, 2.24) is 15.5 Å². The van der Waals surface area contributed by atoms with Crippen LogP contribution in [-0.4, -0.2) is 40.1 Å². The van der Waals surface area contributed by atoms with Crippen molar-refractivity contribution in [2.75, 3.05) is 19.4 Å². The van der Waals surface area contributed by atoms with E-state index in [0.717, 1.165) is 0 Å². The lowest BCUT2D eigenvalue weighted by Gasteiger charge is -2.28. The van der Waals surface area contributed by atoms with Crippen LogP contribution < -0.4 is 16.0 Å². The zero-order valence-corrected chi connectivity index (χ0v) is 15.5. The van der Waals surface area contributed by atoms with Gasteiger partial charge in [0.25, 0.3) is 0 Å². The van der Waals surface area contributed by atoms with Crippen molar-refractivity contribution < 1.29 is 4.79 Å². The van der Waals surface area contributed by atoms with Gasteiger partial charge in [-0.05, 0) is 36.5 Å². The first-order chi connectivity index (χ1) is 10.1. The SMILES string of the molecule is CN(C)C(=O)N[C@@H](NC(=S)Nc1ccc(Cl)cc1)C(Cl)(Cl)Cl. The highest BCUT2D eigenvalue weighted by Gasteiger charge is 2.35. The minimum absolute atomic E-state index is 0.178. The Morgan fingerprint density at radius 3 is 2.18 bits per heavy atom. The zero-order valence-electron chi connectivity index (χ0n) is 11.7. The molecule has 3 N–H and O–H groups in total. The molecule has 1 rings (SSSR count). The molecular formula is C12H14Cl4N4OS. The minimum atomic E-state index is -1.79. The van der Waals surface area contributed by atoms with Crippen LogP contribution in [0.1, 0.15) is 0 Å². The van der Waals surface area contributed by atoms with Crippen LogP contribution in [0.25, 0.3) is 0 Å². The number of carbonyl (C=O) groups excluding carboxylic acids is 1. The van der Waals surface area contributed by atoms with Crippen LogP contribution in [0.4, 0.5) is 10.5 Å². The summed E-state index contributed by atoms with van der Waals surface area (Å²) >= 11 is 28.5. The maximum absolute atomic E-state index is 11.7. The van der Waals surface area contributed by atoms with Crippen molar-refractivity contribution in [2.45, 2.75) is 9.96 Å². The van der Waals surface area contributed by atoms with E-state index in [2.05, 4.69) is 16.0 Å². The predicted octanol–water partition coefficient (Wildman–Crippen LogP) is 3.59. The average molecular weight is 404 g/mol. The molecule has 2 amide bonds. The fraction of sp³-hybridized carbons (Fsp3) is 0.333. The van der Waals surface area contributed by atoms with Crippen LogP contribution in [0.2, 0.25) is 5.02 Å². The summed E-state index contributed by atoms with van der Waals surface area (Å²) in [5, 5.41) is 8.92. The van der Waals surface area contributed by atoms with E-state index in [1.165, 1.54) is 4.90 Å². The van der Waals surface area contributed by atoms with Gasteiger partial charge in [0.1, 0.15) is 0 Å². The van der Waals surface area contributed by atoms with Gasteiger partial charge < -0.3 is 20.9 Å². The molecule has 0 saturated carbocycles. The minimum Gasteiger partial charge on any atom is -0.339 e. The number of urea groups is 1. The topological polar surface area (TPSA) is 56.4 Å². The summed E-state index contributed by atoms with van der Waals surface area (Å²) in [6, 6.07) is 6.44. The lowest BCUT2D eigenvalue weighted by molar-refractivity contribution is 0.212. The van der Waals surface area contributed by atoms with Gasteiger partial charge in [0, 0.05) is 24.8 Å². The summed E-state index contributed by atoms with van der Waals surface area (Å²) in [5.74, 6) is 0. The standard InChI is InChI=1S/C12H14Cl4N4OS/c1-20(2)11(21)19-9(12(14,15)16)18-10(22)17-8-5-3-7(13)4-6-8/h3-6,9H,1-2H3,(H,19,21)(H2,17,18,22)/t9-/m1/s1. The Morgan fingerprint density at radius 2 is 1.73 bits per heavy atom. The normalized spacial score (nSPS) is 12.3. The number of hydrogen-bond donors (Lipinski definition) is 3. The van der Waals surface area contributed by atoms with Crippen LogP contribution in [0.15, 0.2) is 24.3 Å². The summed E-state index contributed by atoms with van der Waals surface area (Å²) in [6.45, 7) is 0. The van der Waals surface area contributed by atoms with Crippen LogP contribution in [0.3, 0.4) is 0 Å². The molecule has 1 atom stereocenters. The van der Waals surface area contributed by atoms with E-state index in [4.69, 9.17) is 58.6 Å². The van der Waals surface area contributed by atoms with Gasteiger partial charge in [0.15, 0.2) is 11.3 Å². The van der Waals surface area contributed by atoms with E-state index in [-0.39, 0.29) is 5.11 Å². The highest BCUT2D eigenvalue weighted by molar-refractivity contribution is 7.80. The van der Waals surface area contributed by atoms with E-state index in [9.17, 15) is 4.79 Å². The third-order valence-electron chi connectivity index (χ3n) is 2.38. The van der Waals surface area contributed by atoms with Gasteiger partial charge in [-0.1, -0.05) is 46.4 Å². The molecule has 0 fully saturated rings. The summed E-state index contributed by atoms with van der Waals surface area (Å²) in [4.78, 5) is 13.0. The molecule has 22 heavy (non-hydrogen) atoms. The van der Waals surface area contributed by atoms with Crippen LogP contribution >= 0.6 is 58.6 Å². The lowest BCUT2D eigenvalue weighted by Crippen LogP contribution is -2.57. The number of anilines is 1. The van der Waals surface area contributed by atoms with Gasteiger partial charge in [-0.2, -0.15) is 0 Å². The molecule has 0 heterocycles. The van der Waals surface area contributed by atoms with Crippen molar-refractivity contribution in [3.8, 4) is 0 Å². The maximum Gasteiger partial charge on any atom is 0.318 e. The molecule has 10 heteroatoms. The Balaban J connectivity index is 2.70. The number of hydrogen-bond acceptors (Lipinski definition) is 2. The van der Waals surface area contributed by atoms with E-state index >= 15 is 0 Å². The molecule has 122 valence electrons. The molecule has 0 saturated heterocycles. The van der Waals surface area contributed by atoms with E-state index < -0.39 is 16.0 Å². The molecule has 0 radical (unpaired) electrons. The molecule has 5 nitrogen and oxygen atoms in total. The Morgan fingerprint density at radius 1 is 1.18 bits per heavy atom. The first-order valence-corrected chi connectivity index (χ1v) is 7.89. The molecule has 0 aliphatic carbocycles. The Kier molecular flexibility index (Phi) is 7.28. The van der Waals surface area contributed by atoms with Gasteiger partial charge in [-0.15, -0.1) is 0 Å². The monoisotopic (exact) mass is 402 g/mol. The summed E-state index contributed by atoms with van der Waals surface area (Å²) in [7, 11) is 3.13. The summed E-state index contributed by atoms with van der Waals surface area (Å²) < 4.78 is -1.79. The molecule has 0 bridgehead atoms. The van der Waals surface area contributed by atoms with Crippen LogP contribution in [-0.2, 0) is 0 Å². The van der Waals surface area contributed by atoms with Crippen LogP contribution in [0, 0.1) is 0 Å². The number of amides is 2. The van der Waals surface area contributed by atoms with Gasteiger partial charge in [0.2, 0.25) is 3.79 Å². The van der Waals surface area contributed by atoms with E-state index in [1.54, 1.807) is 38.4 Å². The highest BCUT2D eigenvalue weighted by atomic mass is 35.6. The second kappa shape index (κ2) is 8.26. The summed E-state index contributed by atoms with van der Waals surface area (Å²) in [6.07, 6.45) is -1.01. The molecule has 1 aromatic rings. The van der Waals surface area contributed by atoms with Crippen molar-refractivity contribution in [3.05, 3.63) is 29.3 Å². The molecule has 1 aromatic carbocycles. The highest BCUT2D eigenvalue weighted by Crippen LogP contribution is 2.29. The third-order valence-corrected chi connectivity index (χ3v) is 3.51. The molecule has 0 aromatic heterocycles. The van der Waals surface area contributed by atoms with Gasteiger partial charge in [0.05, 0.1) is 0 Å². The van der Waals surface area contributed by atoms with Gasteiger partial charge in [-0.25, -0.2) is 4.79 Å². The third kappa shape index (κ3) is 6.62. The second-order valence-corrected chi connectivity index (χ2v) is 7.64. The van der Waals surface area contributed by atoms with Gasteiger partial charge >= 0.3 is 6.03 Å². The number of carbonyl (C=O) groups is 1. The van der Waals surface area contributed by atoms with Crippen LogP contribution in [0.5, 0.6) is 0 Å². The number of nitrogens with zero attached hydrogens (tertiary/aromatic N) is 1. The fourth-order valence-electron chi connectivity index (χ4n) is 1.28. The van der Waals surface area contributed by atoms with Crippen molar-refractivity contribution in [2.24, 2.45) is 0 Å². The molecule has 0 unspecified atom stereocenters. The number of halogens is 4. The molecule has 0 aliphatic rings. The lowest BCUT2D eigenvalue weighted by atomic mass is 10.3. The summed E-state index contributed by atoms with van der Waals surface area (Å²) in [5.41, 5.74) is 0.698. The number of alkyl halides is 3. The molecule has 0 spiro atoms. The quantitative estimate of drug-likeness (QED) is 0.410. The smallest absolute Gasteiger partial charge is 0.318 e. The largest absolute Gasteiger partial charge is 0.339 e. The Hall–Kier alpha value is -0.660. The van der Waals surface area contributed by atoms with Crippen molar-refractivity contribution >= 4 is 75.5 Å². The first kappa shape index (κ1) is 19.4. The Labute approximate surface area is 154 Å². The maximum atomic E-state index is 11.7. The number of nitrogens with one attached hydrogen (secondary N) is 3. The van der Waals surface area contributed by atoms with E-state index in [0.29, 0.717) is 10.7 Å². The number of thiocarbonyl (C=S) groups is 1. The van der Waals surface area contributed by atoms with Crippen molar-refractivity contribution in [3.63, 3.8) is 0 Å².